The van der Waals surface area contributed by atoms with Crippen LogP contribution in [-0.4, -0.2) is 60.1 Å². The molecule has 0 spiro atoms. The summed E-state index contributed by atoms with van der Waals surface area (Å²) in [7, 11) is 2.27. The van der Waals surface area contributed by atoms with E-state index in [-0.39, 0.29) is 0 Å². The molecule has 0 amide bonds. The molecule has 2 unspecified atom stereocenters. The second-order valence-electron chi connectivity index (χ2n) is 4.86. The molecular formula is C12H24N2S2. The number of nitrogens with zero attached hydrogens (tertiary/aromatic N) is 1. The first-order chi connectivity index (χ1) is 7.86. The maximum absolute atomic E-state index is 3.68. The quantitative estimate of drug-likeness (QED) is 0.830. The molecule has 2 nitrogen and oxygen atoms in total. The Kier molecular flexibility index (Phi) is 5.83. The van der Waals surface area contributed by atoms with Gasteiger partial charge in [-0.1, -0.05) is 6.42 Å². The minimum absolute atomic E-state index is 0.787. The molecule has 0 aromatic carbocycles. The predicted octanol–water partition coefficient (Wildman–Crippen LogP) is 1.91. The third-order valence-electron chi connectivity index (χ3n) is 3.56. The van der Waals surface area contributed by atoms with Gasteiger partial charge >= 0.3 is 0 Å². The third-order valence-corrected chi connectivity index (χ3v) is 6.40. The van der Waals surface area contributed by atoms with Crippen molar-refractivity contribution in [2.75, 3.05) is 43.9 Å². The lowest BCUT2D eigenvalue weighted by Crippen LogP contribution is -2.44. The van der Waals surface area contributed by atoms with Crippen molar-refractivity contribution in [3.8, 4) is 0 Å². The van der Waals surface area contributed by atoms with E-state index in [1.165, 1.54) is 56.2 Å². The molecule has 0 aromatic rings. The fraction of sp³-hybridized carbons (Fsp3) is 1.00. The zero-order valence-electron chi connectivity index (χ0n) is 10.3. The summed E-state index contributed by atoms with van der Waals surface area (Å²) in [5, 5.41) is 4.53. The summed E-state index contributed by atoms with van der Waals surface area (Å²) in [6, 6.07) is 0.787. The van der Waals surface area contributed by atoms with E-state index in [4.69, 9.17) is 0 Å². The lowest BCUT2D eigenvalue weighted by molar-refractivity contribution is 0.182. The van der Waals surface area contributed by atoms with Crippen molar-refractivity contribution in [1.82, 2.24) is 10.2 Å². The van der Waals surface area contributed by atoms with Crippen LogP contribution in [0.2, 0.25) is 0 Å². The molecule has 2 atom stereocenters. The van der Waals surface area contributed by atoms with E-state index < -0.39 is 0 Å². The van der Waals surface area contributed by atoms with Crippen LogP contribution in [-0.2, 0) is 0 Å². The first kappa shape index (κ1) is 13.1. The molecule has 4 heteroatoms. The molecule has 2 heterocycles. The van der Waals surface area contributed by atoms with Crippen molar-refractivity contribution in [1.29, 1.82) is 0 Å². The van der Waals surface area contributed by atoms with E-state index in [9.17, 15) is 0 Å². The first-order valence-electron chi connectivity index (χ1n) is 6.46. The number of likely N-dealkylation sites (N-methyl/N-ethyl adjacent to an activating group) is 1. The van der Waals surface area contributed by atoms with E-state index in [2.05, 4.69) is 40.8 Å². The summed E-state index contributed by atoms with van der Waals surface area (Å²) in [5.74, 6) is 4.05. The van der Waals surface area contributed by atoms with Crippen LogP contribution in [0.1, 0.15) is 19.3 Å². The van der Waals surface area contributed by atoms with Gasteiger partial charge in [0.05, 0.1) is 0 Å². The first-order valence-corrected chi connectivity index (χ1v) is 8.67. The van der Waals surface area contributed by atoms with Crippen molar-refractivity contribution in [2.45, 2.75) is 30.6 Å². The van der Waals surface area contributed by atoms with Gasteiger partial charge < -0.3 is 10.2 Å². The van der Waals surface area contributed by atoms with Gasteiger partial charge in [0, 0.05) is 41.6 Å². The normalized spacial score (nSPS) is 32.8. The average Bonchev–Trinajstić information content (AvgIpc) is 2.33. The van der Waals surface area contributed by atoms with Crippen molar-refractivity contribution in [3.63, 3.8) is 0 Å². The van der Waals surface area contributed by atoms with Crippen LogP contribution < -0.4 is 5.32 Å². The Labute approximate surface area is 108 Å². The monoisotopic (exact) mass is 260 g/mol. The third kappa shape index (κ3) is 4.13. The maximum Gasteiger partial charge on any atom is 0.0263 e. The Bertz CT molecular complexity index is 195. The molecule has 0 bridgehead atoms. The number of thioether (sulfide) groups is 2. The molecule has 2 aliphatic rings. The molecular weight excluding hydrogens is 236 g/mol. The molecule has 94 valence electrons. The molecule has 0 aliphatic carbocycles. The fourth-order valence-electron chi connectivity index (χ4n) is 2.47. The van der Waals surface area contributed by atoms with Crippen LogP contribution in [0.15, 0.2) is 0 Å². The van der Waals surface area contributed by atoms with Crippen LogP contribution in [0, 0.1) is 0 Å². The van der Waals surface area contributed by atoms with E-state index in [0.29, 0.717) is 0 Å². The summed E-state index contributed by atoms with van der Waals surface area (Å²) in [4.78, 5) is 2.53. The Morgan fingerprint density at radius 2 is 2.19 bits per heavy atom. The molecule has 0 radical (unpaired) electrons. The lowest BCUT2D eigenvalue weighted by atomic mass is 10.0. The number of nitrogens with one attached hydrogen (secondary N) is 1. The smallest absolute Gasteiger partial charge is 0.0263 e. The van der Waals surface area contributed by atoms with Gasteiger partial charge in [-0.05, 0) is 26.4 Å². The molecule has 2 fully saturated rings. The molecule has 2 rings (SSSR count). The minimum atomic E-state index is 0.787. The van der Waals surface area contributed by atoms with E-state index in [1.807, 2.05) is 0 Å². The highest BCUT2D eigenvalue weighted by Gasteiger charge is 2.19. The van der Waals surface area contributed by atoms with Gasteiger partial charge in [0.25, 0.3) is 0 Å². The Morgan fingerprint density at radius 1 is 1.25 bits per heavy atom. The van der Waals surface area contributed by atoms with Crippen molar-refractivity contribution < 1.29 is 0 Å². The highest BCUT2D eigenvalue weighted by Crippen LogP contribution is 2.23. The SMILES string of the molecule is CN1CCCCC1CNCC1CSCCS1. The second kappa shape index (κ2) is 7.14. The Hall–Kier alpha value is 0.620. The highest BCUT2D eigenvalue weighted by molar-refractivity contribution is 8.06. The molecule has 2 saturated heterocycles. The number of hydrogen-bond donors (Lipinski definition) is 1. The average molecular weight is 260 g/mol. The van der Waals surface area contributed by atoms with Crippen LogP contribution in [0.4, 0.5) is 0 Å². The van der Waals surface area contributed by atoms with E-state index in [0.717, 1.165) is 11.3 Å². The zero-order chi connectivity index (χ0) is 11.2. The predicted molar refractivity (Wildman–Crippen MR) is 76.7 cm³/mol. The van der Waals surface area contributed by atoms with Crippen LogP contribution in [0.25, 0.3) is 0 Å². The van der Waals surface area contributed by atoms with Gasteiger partial charge in [-0.25, -0.2) is 0 Å². The number of likely N-dealkylation sites (tertiary alicyclic amines) is 1. The maximum atomic E-state index is 3.68. The molecule has 0 saturated carbocycles. The molecule has 1 N–H and O–H groups in total. The second-order valence-corrected chi connectivity index (χ2v) is 7.41. The Morgan fingerprint density at radius 3 is 2.94 bits per heavy atom. The van der Waals surface area contributed by atoms with Crippen LogP contribution >= 0.6 is 23.5 Å². The van der Waals surface area contributed by atoms with E-state index >= 15 is 0 Å². The van der Waals surface area contributed by atoms with Crippen molar-refractivity contribution in [3.05, 3.63) is 0 Å². The summed E-state index contributed by atoms with van der Waals surface area (Å²) in [6.07, 6.45) is 4.20. The number of rotatable bonds is 4. The highest BCUT2D eigenvalue weighted by atomic mass is 32.2. The van der Waals surface area contributed by atoms with Gasteiger partial charge in [0.2, 0.25) is 0 Å². The number of piperidine rings is 1. The Balaban J connectivity index is 1.59. The van der Waals surface area contributed by atoms with Crippen molar-refractivity contribution in [2.24, 2.45) is 0 Å². The summed E-state index contributed by atoms with van der Waals surface area (Å²) in [5.41, 5.74) is 0. The lowest BCUT2D eigenvalue weighted by Gasteiger charge is -2.33. The van der Waals surface area contributed by atoms with Gasteiger partial charge in [-0.2, -0.15) is 23.5 Å². The van der Waals surface area contributed by atoms with Gasteiger partial charge in [-0.15, -0.1) is 0 Å². The summed E-state index contributed by atoms with van der Waals surface area (Å²) in [6.45, 7) is 3.70. The standard InChI is InChI=1S/C12H24N2S2/c1-14-5-3-2-4-11(14)8-13-9-12-10-15-6-7-16-12/h11-13H,2-10H2,1H3. The van der Waals surface area contributed by atoms with Crippen LogP contribution in [0.5, 0.6) is 0 Å². The molecule has 0 aromatic heterocycles. The minimum Gasteiger partial charge on any atom is -0.314 e. The molecule has 2 aliphatic heterocycles. The topological polar surface area (TPSA) is 15.3 Å². The van der Waals surface area contributed by atoms with Gasteiger partial charge in [-0.3, -0.25) is 0 Å². The van der Waals surface area contributed by atoms with Crippen molar-refractivity contribution >= 4 is 23.5 Å². The van der Waals surface area contributed by atoms with Crippen LogP contribution in [0.3, 0.4) is 0 Å². The van der Waals surface area contributed by atoms with Gasteiger partial charge in [0.15, 0.2) is 0 Å². The van der Waals surface area contributed by atoms with Gasteiger partial charge in [0.1, 0.15) is 0 Å². The van der Waals surface area contributed by atoms with E-state index in [1.54, 1.807) is 0 Å². The summed E-state index contributed by atoms with van der Waals surface area (Å²) >= 11 is 4.27. The number of hydrogen-bond acceptors (Lipinski definition) is 4. The summed E-state index contributed by atoms with van der Waals surface area (Å²) < 4.78 is 0. The fourth-order valence-corrected chi connectivity index (χ4v) is 5.11. The zero-order valence-corrected chi connectivity index (χ0v) is 11.9. The largest absolute Gasteiger partial charge is 0.314 e. The molecule has 16 heavy (non-hydrogen) atoms.